The van der Waals surface area contributed by atoms with Crippen molar-refractivity contribution in [1.82, 2.24) is 4.90 Å². The Hall–Kier alpha value is -0.0400. The van der Waals surface area contributed by atoms with Crippen LogP contribution in [0.2, 0.25) is 0 Å². The van der Waals surface area contributed by atoms with Gasteiger partial charge in [-0.15, -0.1) is 0 Å². The lowest BCUT2D eigenvalue weighted by Gasteiger charge is -2.33. The number of nitrogens with zero attached hydrogens (tertiary/aromatic N) is 1. The normalized spacial score (nSPS) is 20.4. The molecule has 0 atom stereocenters. The Morgan fingerprint density at radius 2 is 1.67 bits per heavy atom. The molecule has 1 saturated heterocycles. The first-order valence-electron chi connectivity index (χ1n) is 6.82. The third-order valence-corrected chi connectivity index (χ3v) is 3.83. The van der Waals surface area contributed by atoms with Crippen molar-refractivity contribution >= 4 is 0 Å². The molecule has 0 spiro atoms. The topological polar surface area (TPSA) is 3.24 Å². The molecule has 1 fully saturated rings. The second-order valence-electron chi connectivity index (χ2n) is 5.96. The fourth-order valence-electron chi connectivity index (χ4n) is 2.57. The summed E-state index contributed by atoms with van der Waals surface area (Å²) in [7, 11) is 0. The summed E-state index contributed by atoms with van der Waals surface area (Å²) < 4.78 is 0. The number of rotatable bonds is 5. The van der Waals surface area contributed by atoms with Crippen molar-refractivity contribution in [2.24, 2.45) is 17.8 Å². The molecular formula is C14H29N. The molecule has 0 unspecified atom stereocenters. The van der Waals surface area contributed by atoms with Crippen molar-refractivity contribution in [3.63, 3.8) is 0 Å². The van der Waals surface area contributed by atoms with E-state index in [2.05, 4.69) is 32.6 Å². The number of hydrogen-bond acceptors (Lipinski definition) is 1. The Bertz CT molecular complexity index is 152. The van der Waals surface area contributed by atoms with Gasteiger partial charge in [0.15, 0.2) is 0 Å². The van der Waals surface area contributed by atoms with Crippen molar-refractivity contribution in [2.45, 2.75) is 53.4 Å². The van der Waals surface area contributed by atoms with Gasteiger partial charge in [0, 0.05) is 0 Å². The molecule has 0 N–H and O–H groups in total. The summed E-state index contributed by atoms with van der Waals surface area (Å²) in [5, 5.41) is 0. The van der Waals surface area contributed by atoms with Gasteiger partial charge in [0.25, 0.3) is 0 Å². The van der Waals surface area contributed by atoms with Crippen LogP contribution >= 0.6 is 0 Å². The van der Waals surface area contributed by atoms with Crippen LogP contribution < -0.4 is 0 Å². The van der Waals surface area contributed by atoms with Crippen LogP contribution in [-0.2, 0) is 0 Å². The van der Waals surface area contributed by atoms with Gasteiger partial charge in [0.2, 0.25) is 0 Å². The summed E-state index contributed by atoms with van der Waals surface area (Å²) in [6.45, 7) is 13.4. The van der Waals surface area contributed by atoms with Crippen molar-refractivity contribution < 1.29 is 0 Å². The number of piperidine rings is 1. The zero-order valence-corrected chi connectivity index (χ0v) is 11.1. The van der Waals surface area contributed by atoms with E-state index in [4.69, 9.17) is 0 Å². The monoisotopic (exact) mass is 211 g/mol. The maximum atomic E-state index is 2.67. The predicted molar refractivity (Wildman–Crippen MR) is 68.1 cm³/mol. The SMILES string of the molecule is CC(C)CCCN1CCC(C(C)C)CC1. The lowest BCUT2D eigenvalue weighted by atomic mass is 9.86. The second-order valence-corrected chi connectivity index (χ2v) is 5.96. The largest absolute Gasteiger partial charge is 0.303 e. The zero-order valence-electron chi connectivity index (χ0n) is 11.1. The van der Waals surface area contributed by atoms with Gasteiger partial charge < -0.3 is 4.90 Å². The van der Waals surface area contributed by atoms with E-state index in [9.17, 15) is 0 Å². The first kappa shape index (κ1) is 13.0. The fourth-order valence-corrected chi connectivity index (χ4v) is 2.57. The van der Waals surface area contributed by atoms with E-state index in [0.717, 1.165) is 17.8 Å². The molecule has 90 valence electrons. The van der Waals surface area contributed by atoms with Gasteiger partial charge in [0.1, 0.15) is 0 Å². The Balaban J connectivity index is 2.09. The van der Waals surface area contributed by atoms with Crippen LogP contribution in [0.5, 0.6) is 0 Å². The van der Waals surface area contributed by atoms with E-state index < -0.39 is 0 Å². The summed E-state index contributed by atoms with van der Waals surface area (Å²) in [5.41, 5.74) is 0. The minimum atomic E-state index is 0.873. The highest BCUT2D eigenvalue weighted by Crippen LogP contribution is 2.24. The van der Waals surface area contributed by atoms with Crippen LogP contribution in [0, 0.1) is 17.8 Å². The summed E-state index contributed by atoms with van der Waals surface area (Å²) in [6.07, 6.45) is 5.65. The van der Waals surface area contributed by atoms with E-state index in [-0.39, 0.29) is 0 Å². The van der Waals surface area contributed by atoms with Crippen LogP contribution in [0.4, 0.5) is 0 Å². The first-order chi connectivity index (χ1) is 7.09. The third-order valence-electron chi connectivity index (χ3n) is 3.83. The van der Waals surface area contributed by atoms with Crippen LogP contribution in [0.25, 0.3) is 0 Å². The molecule has 0 radical (unpaired) electrons. The average Bonchev–Trinajstić information content (AvgIpc) is 2.18. The molecular weight excluding hydrogens is 182 g/mol. The van der Waals surface area contributed by atoms with Crippen LogP contribution in [-0.4, -0.2) is 24.5 Å². The van der Waals surface area contributed by atoms with Crippen LogP contribution in [0.3, 0.4) is 0 Å². The fraction of sp³-hybridized carbons (Fsp3) is 1.00. The van der Waals surface area contributed by atoms with Gasteiger partial charge in [-0.2, -0.15) is 0 Å². The summed E-state index contributed by atoms with van der Waals surface area (Å²) in [4.78, 5) is 2.67. The van der Waals surface area contributed by atoms with Crippen molar-refractivity contribution in [3.05, 3.63) is 0 Å². The molecule has 1 heterocycles. The van der Waals surface area contributed by atoms with Gasteiger partial charge in [-0.3, -0.25) is 0 Å². The molecule has 1 heteroatoms. The Morgan fingerprint density at radius 3 is 2.13 bits per heavy atom. The molecule has 0 aromatic rings. The molecule has 1 rings (SSSR count). The first-order valence-corrected chi connectivity index (χ1v) is 6.82. The van der Waals surface area contributed by atoms with Crippen molar-refractivity contribution in [3.8, 4) is 0 Å². The van der Waals surface area contributed by atoms with Gasteiger partial charge in [0.05, 0.1) is 0 Å². The molecule has 15 heavy (non-hydrogen) atoms. The minimum absolute atomic E-state index is 0.873. The molecule has 0 aromatic carbocycles. The minimum Gasteiger partial charge on any atom is -0.303 e. The van der Waals surface area contributed by atoms with Gasteiger partial charge in [-0.1, -0.05) is 27.7 Å². The maximum Gasteiger partial charge on any atom is -0.00160 e. The number of hydrogen-bond donors (Lipinski definition) is 0. The third kappa shape index (κ3) is 5.01. The Labute approximate surface area is 96.2 Å². The van der Waals surface area contributed by atoms with E-state index in [1.165, 1.54) is 45.3 Å². The summed E-state index contributed by atoms with van der Waals surface area (Å²) in [5.74, 6) is 2.76. The number of likely N-dealkylation sites (tertiary alicyclic amines) is 1. The quantitative estimate of drug-likeness (QED) is 0.669. The second kappa shape index (κ2) is 6.52. The molecule has 0 amide bonds. The van der Waals surface area contributed by atoms with Crippen molar-refractivity contribution in [1.29, 1.82) is 0 Å². The van der Waals surface area contributed by atoms with Crippen molar-refractivity contribution in [2.75, 3.05) is 19.6 Å². The standard InChI is InChI=1S/C14H29N/c1-12(2)6-5-9-15-10-7-14(8-11-15)13(3)4/h12-14H,5-11H2,1-4H3. The van der Waals surface area contributed by atoms with E-state index in [0.29, 0.717) is 0 Å². The zero-order chi connectivity index (χ0) is 11.3. The molecule has 1 aliphatic rings. The lowest BCUT2D eigenvalue weighted by molar-refractivity contribution is 0.154. The summed E-state index contributed by atoms with van der Waals surface area (Å²) in [6, 6.07) is 0. The molecule has 0 saturated carbocycles. The van der Waals surface area contributed by atoms with Gasteiger partial charge >= 0.3 is 0 Å². The highest BCUT2D eigenvalue weighted by molar-refractivity contribution is 4.74. The lowest BCUT2D eigenvalue weighted by Crippen LogP contribution is -2.35. The summed E-state index contributed by atoms with van der Waals surface area (Å²) >= 11 is 0. The molecule has 0 aliphatic carbocycles. The molecule has 0 bridgehead atoms. The highest BCUT2D eigenvalue weighted by Gasteiger charge is 2.20. The Kier molecular flexibility index (Phi) is 5.66. The van der Waals surface area contributed by atoms with Crippen LogP contribution in [0.15, 0.2) is 0 Å². The molecule has 0 aromatic heterocycles. The molecule has 1 nitrogen and oxygen atoms in total. The van der Waals surface area contributed by atoms with Crippen LogP contribution in [0.1, 0.15) is 53.4 Å². The smallest absolute Gasteiger partial charge is 0.00160 e. The van der Waals surface area contributed by atoms with Gasteiger partial charge in [-0.25, -0.2) is 0 Å². The highest BCUT2D eigenvalue weighted by atomic mass is 15.1. The van der Waals surface area contributed by atoms with E-state index >= 15 is 0 Å². The average molecular weight is 211 g/mol. The predicted octanol–water partition coefficient (Wildman–Crippen LogP) is 3.79. The Morgan fingerprint density at radius 1 is 1.07 bits per heavy atom. The van der Waals surface area contributed by atoms with E-state index in [1.807, 2.05) is 0 Å². The van der Waals surface area contributed by atoms with E-state index in [1.54, 1.807) is 0 Å². The molecule has 1 aliphatic heterocycles. The maximum absolute atomic E-state index is 2.67. The van der Waals surface area contributed by atoms with Gasteiger partial charge in [-0.05, 0) is 63.1 Å².